The van der Waals surface area contributed by atoms with Gasteiger partial charge in [-0.3, -0.25) is 9.59 Å². The first kappa shape index (κ1) is 23.2. The van der Waals surface area contributed by atoms with Gasteiger partial charge in [-0.15, -0.1) is 0 Å². The van der Waals surface area contributed by atoms with Crippen molar-refractivity contribution in [3.05, 3.63) is 11.1 Å². The summed E-state index contributed by atoms with van der Waals surface area (Å²) in [5.74, 6) is -2.93. The lowest BCUT2D eigenvalue weighted by Gasteiger charge is -2.54. The highest BCUT2D eigenvalue weighted by Crippen LogP contribution is 2.61. The fourth-order valence-corrected chi connectivity index (χ4v) is 6.60. The number of aliphatic hydroxyl groups is 1. The van der Waals surface area contributed by atoms with Gasteiger partial charge in [-0.1, -0.05) is 33.3 Å². The molecule has 0 spiro atoms. The van der Waals surface area contributed by atoms with Crippen molar-refractivity contribution in [3.63, 3.8) is 0 Å². The summed E-state index contributed by atoms with van der Waals surface area (Å²) in [7, 11) is 0. The zero-order valence-electron chi connectivity index (χ0n) is 19.7. The minimum atomic E-state index is -1.22. The van der Waals surface area contributed by atoms with Gasteiger partial charge in [0.25, 0.3) is 0 Å². The van der Waals surface area contributed by atoms with E-state index in [1.807, 2.05) is 0 Å². The summed E-state index contributed by atoms with van der Waals surface area (Å²) in [6.45, 7) is 11.2. The van der Waals surface area contributed by atoms with Crippen LogP contribution in [0.2, 0.25) is 0 Å². The van der Waals surface area contributed by atoms with Gasteiger partial charge in [-0.25, -0.2) is 4.79 Å². The van der Waals surface area contributed by atoms with Gasteiger partial charge >= 0.3 is 17.9 Å². The van der Waals surface area contributed by atoms with Gasteiger partial charge in [0.05, 0.1) is 12.0 Å². The molecule has 2 saturated heterocycles. The van der Waals surface area contributed by atoms with Crippen molar-refractivity contribution in [2.75, 3.05) is 0 Å². The molecule has 2 aliphatic heterocycles. The van der Waals surface area contributed by atoms with Gasteiger partial charge in [0, 0.05) is 19.8 Å². The molecule has 2 heterocycles. The average Bonchev–Trinajstić information content (AvgIpc) is 2.96. The highest BCUT2D eigenvalue weighted by molar-refractivity contribution is 5.80. The highest BCUT2D eigenvalue weighted by atomic mass is 16.8. The van der Waals surface area contributed by atoms with E-state index in [1.54, 1.807) is 0 Å². The number of aliphatic hydroxyl groups excluding tert-OH is 1. The predicted octanol–water partition coefficient (Wildman–Crippen LogP) is 2.87. The smallest absolute Gasteiger partial charge is 0.350 e. The van der Waals surface area contributed by atoms with Crippen LogP contribution < -0.4 is 0 Å². The molecule has 0 radical (unpaired) electrons. The Kier molecular flexibility index (Phi) is 5.69. The molecule has 4 aliphatic rings. The van der Waals surface area contributed by atoms with Crippen molar-refractivity contribution in [2.45, 2.75) is 92.0 Å². The normalized spacial score (nSPS) is 42.7. The second kappa shape index (κ2) is 7.83. The van der Waals surface area contributed by atoms with Gasteiger partial charge in [-0.05, 0) is 48.0 Å². The second-order valence-corrected chi connectivity index (χ2v) is 10.7. The SMILES string of the molecule is CC(=O)O[C@@H]1O[C@H]2OC(=O)[C@@H](OC(C)=O)[C@@H]1[C@@H]2[C@]1(C)CCC2=C([C@H](O)CCC2(C)C)[C@H]1C. The Morgan fingerprint density at radius 3 is 2.38 bits per heavy atom. The van der Waals surface area contributed by atoms with Crippen LogP contribution in [0.5, 0.6) is 0 Å². The molecule has 32 heavy (non-hydrogen) atoms. The van der Waals surface area contributed by atoms with Crippen molar-refractivity contribution in [1.82, 2.24) is 0 Å². The number of hydrogen-bond acceptors (Lipinski definition) is 8. The summed E-state index contributed by atoms with van der Waals surface area (Å²) in [5.41, 5.74) is 1.98. The molecule has 8 heteroatoms. The largest absolute Gasteiger partial charge is 0.450 e. The number of allylic oxidation sites excluding steroid dienone is 1. The molecular formula is C24H34O8. The minimum Gasteiger partial charge on any atom is -0.450 e. The van der Waals surface area contributed by atoms with Gasteiger partial charge in [-0.2, -0.15) is 0 Å². The lowest BCUT2D eigenvalue weighted by Crippen LogP contribution is -2.56. The molecule has 178 valence electrons. The van der Waals surface area contributed by atoms with Crippen LogP contribution in [0.3, 0.4) is 0 Å². The topological polar surface area (TPSA) is 108 Å². The maximum Gasteiger partial charge on any atom is 0.350 e. The van der Waals surface area contributed by atoms with Crippen molar-refractivity contribution in [1.29, 1.82) is 0 Å². The standard InChI is InChI=1S/C24H34O8/c1-11-16-14(23(4,5)9-8-15(16)27)7-10-24(11,6)18-17-19(29-12(2)25)20(28)31-22(18)32-21(17)30-13(3)26/h11,15,17-19,21-22,27H,7-10H2,1-6H3/t11-,15-,17+,18+,19+,21-,22-,24-/m1/s1. The molecule has 2 aliphatic carbocycles. The van der Waals surface area contributed by atoms with Crippen LogP contribution in [0.4, 0.5) is 0 Å². The number of carbonyl (C=O) groups is 3. The maximum absolute atomic E-state index is 12.6. The van der Waals surface area contributed by atoms with Crippen LogP contribution in [0, 0.1) is 28.6 Å². The molecule has 0 unspecified atom stereocenters. The third kappa shape index (κ3) is 3.55. The molecule has 0 aromatic heterocycles. The third-order valence-electron chi connectivity index (χ3n) is 8.38. The number of fused-ring (bicyclic) bond motifs is 2. The predicted molar refractivity (Wildman–Crippen MR) is 112 cm³/mol. The van der Waals surface area contributed by atoms with E-state index in [-0.39, 0.29) is 17.3 Å². The van der Waals surface area contributed by atoms with E-state index in [0.717, 1.165) is 24.8 Å². The first-order valence-electron chi connectivity index (χ1n) is 11.5. The molecule has 8 nitrogen and oxygen atoms in total. The van der Waals surface area contributed by atoms with Crippen LogP contribution in [0.1, 0.15) is 67.2 Å². The number of carbonyl (C=O) groups excluding carboxylic acids is 3. The van der Waals surface area contributed by atoms with E-state index in [9.17, 15) is 19.5 Å². The zero-order valence-corrected chi connectivity index (χ0v) is 19.7. The van der Waals surface area contributed by atoms with Gasteiger partial charge < -0.3 is 24.1 Å². The summed E-state index contributed by atoms with van der Waals surface area (Å²) in [5, 5.41) is 11.0. The Balaban J connectivity index is 1.76. The lowest BCUT2D eigenvalue weighted by atomic mass is 9.52. The highest BCUT2D eigenvalue weighted by Gasteiger charge is 2.66. The number of ether oxygens (including phenoxy) is 4. The van der Waals surface area contributed by atoms with Crippen LogP contribution >= 0.6 is 0 Å². The molecule has 0 aromatic carbocycles. The molecule has 0 saturated carbocycles. The third-order valence-corrected chi connectivity index (χ3v) is 8.38. The summed E-state index contributed by atoms with van der Waals surface area (Å²) in [4.78, 5) is 36.2. The van der Waals surface area contributed by atoms with E-state index < -0.39 is 54.0 Å². The summed E-state index contributed by atoms with van der Waals surface area (Å²) in [6, 6.07) is 0. The fraction of sp³-hybridized carbons (Fsp3) is 0.792. The van der Waals surface area contributed by atoms with E-state index in [2.05, 4.69) is 27.7 Å². The van der Waals surface area contributed by atoms with Gasteiger partial charge in [0.1, 0.15) is 0 Å². The summed E-state index contributed by atoms with van der Waals surface area (Å²) >= 11 is 0. The quantitative estimate of drug-likeness (QED) is 0.397. The zero-order chi connectivity index (χ0) is 23.6. The van der Waals surface area contributed by atoms with E-state index in [0.29, 0.717) is 6.42 Å². The first-order chi connectivity index (χ1) is 14.9. The maximum atomic E-state index is 12.6. The van der Waals surface area contributed by atoms with Crippen LogP contribution in [0.15, 0.2) is 11.1 Å². The molecular weight excluding hydrogens is 416 g/mol. The van der Waals surface area contributed by atoms with E-state index >= 15 is 0 Å². The minimum absolute atomic E-state index is 0.0229. The van der Waals surface area contributed by atoms with Crippen LogP contribution in [0.25, 0.3) is 0 Å². The monoisotopic (exact) mass is 450 g/mol. The van der Waals surface area contributed by atoms with E-state index in [4.69, 9.17) is 18.9 Å². The Morgan fingerprint density at radius 2 is 1.75 bits per heavy atom. The molecule has 2 bridgehead atoms. The van der Waals surface area contributed by atoms with Crippen molar-refractivity contribution in [3.8, 4) is 0 Å². The van der Waals surface area contributed by atoms with Crippen LogP contribution in [-0.2, 0) is 33.3 Å². The molecule has 0 aromatic rings. The van der Waals surface area contributed by atoms with Gasteiger partial charge in [0.2, 0.25) is 18.7 Å². The van der Waals surface area contributed by atoms with E-state index in [1.165, 1.54) is 19.4 Å². The number of rotatable bonds is 3. The summed E-state index contributed by atoms with van der Waals surface area (Å²) in [6.07, 6.45) is -0.422. The Morgan fingerprint density at radius 1 is 1.09 bits per heavy atom. The Bertz CT molecular complexity index is 860. The molecule has 8 atom stereocenters. The van der Waals surface area contributed by atoms with Crippen LogP contribution in [-0.4, -0.2) is 47.8 Å². The number of hydrogen-bond donors (Lipinski definition) is 1. The molecule has 0 amide bonds. The van der Waals surface area contributed by atoms with Crippen molar-refractivity contribution >= 4 is 17.9 Å². The van der Waals surface area contributed by atoms with Crippen molar-refractivity contribution < 1.29 is 38.4 Å². The molecule has 2 fully saturated rings. The van der Waals surface area contributed by atoms with Crippen molar-refractivity contribution in [2.24, 2.45) is 28.6 Å². The number of esters is 3. The summed E-state index contributed by atoms with van der Waals surface area (Å²) < 4.78 is 22.2. The lowest BCUT2D eigenvalue weighted by molar-refractivity contribution is -0.220. The average molecular weight is 451 g/mol. The Labute approximate surface area is 188 Å². The van der Waals surface area contributed by atoms with Gasteiger partial charge in [0.15, 0.2) is 0 Å². The second-order valence-electron chi connectivity index (χ2n) is 10.7. The fourth-order valence-electron chi connectivity index (χ4n) is 6.60. The Hall–Kier alpha value is -1.93. The molecule has 4 rings (SSSR count). The first-order valence-corrected chi connectivity index (χ1v) is 11.5. The molecule has 1 N–H and O–H groups in total.